The second kappa shape index (κ2) is 6.25. The molecule has 0 saturated heterocycles. The second-order valence-electron chi connectivity index (χ2n) is 4.80. The molecule has 0 aliphatic heterocycles. The zero-order valence-corrected chi connectivity index (χ0v) is 11.5. The van der Waals surface area contributed by atoms with Gasteiger partial charge >= 0.3 is 0 Å². The summed E-state index contributed by atoms with van der Waals surface area (Å²) in [5.74, 6) is 1.18. The van der Waals surface area contributed by atoms with Crippen molar-refractivity contribution < 1.29 is 5.21 Å². The molecule has 21 heavy (non-hydrogen) atoms. The third-order valence-electron chi connectivity index (χ3n) is 3.43. The molecule has 0 aliphatic rings. The normalized spacial score (nSPS) is 10.6. The Balaban J connectivity index is 2.07. The van der Waals surface area contributed by atoms with E-state index >= 15 is 0 Å². The lowest BCUT2D eigenvalue weighted by atomic mass is 9.85. The molecule has 1 radical (unpaired) electrons. The van der Waals surface area contributed by atoms with Crippen molar-refractivity contribution in [3.63, 3.8) is 0 Å². The summed E-state index contributed by atoms with van der Waals surface area (Å²) < 4.78 is 0. The van der Waals surface area contributed by atoms with Crippen molar-refractivity contribution in [2.24, 2.45) is 0 Å². The summed E-state index contributed by atoms with van der Waals surface area (Å²) in [4.78, 5) is 0. The molecule has 2 heteroatoms. The first kappa shape index (κ1) is 13.4. The molecule has 2 nitrogen and oxygen atoms in total. The van der Waals surface area contributed by atoms with E-state index in [1.54, 1.807) is 0 Å². The lowest BCUT2D eigenvalue weighted by Crippen LogP contribution is -2.04. The smallest absolute Gasteiger partial charge is 0.0629 e. The van der Waals surface area contributed by atoms with Crippen molar-refractivity contribution >= 4 is 5.69 Å². The standard InChI is InChI=1S/C19H16NO/c21-20-18-13-11-17(12-14-18)19(15-7-3-1-4-8-15)16-9-5-2-6-10-16/h1-14,20-21H. The van der Waals surface area contributed by atoms with Gasteiger partial charge in [0.15, 0.2) is 0 Å². The predicted octanol–water partition coefficient (Wildman–Crippen LogP) is 4.51. The van der Waals surface area contributed by atoms with Crippen LogP contribution in [0.2, 0.25) is 0 Å². The SMILES string of the molecule is ONc1ccc([C](c2ccccc2)c2ccccc2)cc1. The van der Waals surface area contributed by atoms with Gasteiger partial charge in [-0.3, -0.25) is 10.7 Å². The Morgan fingerprint density at radius 2 is 1.00 bits per heavy atom. The maximum Gasteiger partial charge on any atom is 0.0629 e. The van der Waals surface area contributed by atoms with Crippen molar-refractivity contribution in [2.75, 3.05) is 5.48 Å². The Hall–Kier alpha value is -2.58. The monoisotopic (exact) mass is 274 g/mol. The Morgan fingerprint density at radius 3 is 1.43 bits per heavy atom. The molecule has 0 fully saturated rings. The van der Waals surface area contributed by atoms with E-state index in [9.17, 15) is 0 Å². The van der Waals surface area contributed by atoms with Gasteiger partial charge in [-0.25, -0.2) is 0 Å². The van der Waals surface area contributed by atoms with Gasteiger partial charge in [0.1, 0.15) is 0 Å². The summed E-state index contributed by atoms with van der Waals surface area (Å²) >= 11 is 0. The van der Waals surface area contributed by atoms with Crippen molar-refractivity contribution in [3.05, 3.63) is 108 Å². The minimum atomic E-state index is 0.680. The number of hydrogen-bond donors (Lipinski definition) is 2. The van der Waals surface area contributed by atoms with Crippen molar-refractivity contribution in [3.8, 4) is 0 Å². The molecule has 0 amide bonds. The van der Waals surface area contributed by atoms with Gasteiger partial charge in [0.2, 0.25) is 0 Å². The van der Waals surface area contributed by atoms with Crippen LogP contribution in [0.1, 0.15) is 16.7 Å². The Kier molecular flexibility index (Phi) is 3.99. The number of anilines is 1. The van der Waals surface area contributed by atoms with E-state index in [0.29, 0.717) is 5.69 Å². The van der Waals surface area contributed by atoms with Gasteiger partial charge in [-0.1, -0.05) is 72.8 Å². The van der Waals surface area contributed by atoms with E-state index in [1.165, 1.54) is 17.0 Å². The van der Waals surface area contributed by atoms with E-state index in [0.717, 1.165) is 5.56 Å². The van der Waals surface area contributed by atoms with Crippen LogP contribution in [0.4, 0.5) is 5.69 Å². The van der Waals surface area contributed by atoms with E-state index in [4.69, 9.17) is 5.21 Å². The molecule has 0 aliphatic carbocycles. The number of nitrogens with one attached hydrogen (secondary N) is 1. The first-order valence-corrected chi connectivity index (χ1v) is 6.87. The average Bonchev–Trinajstić information content (AvgIpc) is 2.58. The summed E-state index contributed by atoms with van der Waals surface area (Å²) in [5.41, 5.74) is 6.31. The molecule has 3 aromatic carbocycles. The maximum absolute atomic E-state index is 8.94. The van der Waals surface area contributed by atoms with E-state index < -0.39 is 0 Å². The Morgan fingerprint density at radius 1 is 0.571 bits per heavy atom. The molecular formula is C19H16NO. The Bertz CT molecular complexity index is 638. The average molecular weight is 274 g/mol. The highest BCUT2D eigenvalue weighted by atomic mass is 16.5. The van der Waals surface area contributed by atoms with Gasteiger partial charge in [-0.05, 0) is 28.8 Å². The van der Waals surface area contributed by atoms with Crippen LogP contribution < -0.4 is 5.48 Å². The number of benzene rings is 3. The summed E-state index contributed by atoms with van der Waals surface area (Å²) in [6.07, 6.45) is 0. The molecule has 3 aromatic rings. The highest BCUT2D eigenvalue weighted by molar-refractivity contribution is 5.59. The van der Waals surface area contributed by atoms with Gasteiger partial charge < -0.3 is 0 Å². The minimum absolute atomic E-state index is 0.680. The molecule has 0 atom stereocenters. The summed E-state index contributed by atoms with van der Waals surface area (Å²) in [6.45, 7) is 0. The van der Waals surface area contributed by atoms with Gasteiger partial charge in [-0.15, -0.1) is 0 Å². The third kappa shape index (κ3) is 2.96. The van der Waals surface area contributed by atoms with Gasteiger partial charge in [0.05, 0.1) is 11.6 Å². The molecular weight excluding hydrogens is 258 g/mol. The van der Waals surface area contributed by atoms with Crippen molar-refractivity contribution in [1.82, 2.24) is 0 Å². The molecule has 103 valence electrons. The molecule has 0 aromatic heterocycles. The topological polar surface area (TPSA) is 32.3 Å². The molecule has 0 heterocycles. The maximum atomic E-state index is 8.94. The molecule has 0 bridgehead atoms. The second-order valence-corrected chi connectivity index (χ2v) is 4.80. The van der Waals surface area contributed by atoms with Crippen LogP contribution in [0.15, 0.2) is 84.9 Å². The van der Waals surface area contributed by atoms with Crippen molar-refractivity contribution in [1.29, 1.82) is 0 Å². The van der Waals surface area contributed by atoms with Gasteiger partial charge in [-0.2, -0.15) is 0 Å². The molecule has 0 unspecified atom stereocenters. The van der Waals surface area contributed by atoms with Crippen LogP contribution in [0, 0.1) is 5.92 Å². The predicted molar refractivity (Wildman–Crippen MR) is 85.3 cm³/mol. The highest BCUT2D eigenvalue weighted by Crippen LogP contribution is 2.31. The summed E-state index contributed by atoms with van der Waals surface area (Å²) in [5, 5.41) is 8.94. The lowest BCUT2D eigenvalue weighted by molar-refractivity contribution is 0.389. The first-order chi connectivity index (χ1) is 10.4. The fourth-order valence-corrected chi connectivity index (χ4v) is 2.42. The number of rotatable bonds is 4. The lowest BCUT2D eigenvalue weighted by Gasteiger charge is -2.18. The quantitative estimate of drug-likeness (QED) is 0.542. The zero-order valence-electron chi connectivity index (χ0n) is 11.5. The van der Waals surface area contributed by atoms with Crippen molar-refractivity contribution in [2.45, 2.75) is 0 Å². The summed E-state index contributed by atoms with van der Waals surface area (Å²) in [6, 6.07) is 28.4. The van der Waals surface area contributed by atoms with Crippen LogP contribution in [-0.2, 0) is 0 Å². The van der Waals surface area contributed by atoms with E-state index in [-0.39, 0.29) is 0 Å². The van der Waals surface area contributed by atoms with Crippen LogP contribution >= 0.6 is 0 Å². The fraction of sp³-hybridized carbons (Fsp3) is 0. The minimum Gasteiger partial charge on any atom is -0.291 e. The van der Waals surface area contributed by atoms with Crippen LogP contribution in [-0.4, -0.2) is 5.21 Å². The van der Waals surface area contributed by atoms with Gasteiger partial charge in [0.25, 0.3) is 0 Å². The third-order valence-corrected chi connectivity index (χ3v) is 3.43. The zero-order chi connectivity index (χ0) is 14.5. The van der Waals surface area contributed by atoms with Crippen LogP contribution in [0.3, 0.4) is 0 Å². The van der Waals surface area contributed by atoms with Crippen LogP contribution in [0.5, 0.6) is 0 Å². The Labute approximate surface area is 124 Å². The molecule has 0 spiro atoms. The van der Waals surface area contributed by atoms with Gasteiger partial charge in [0, 0.05) is 0 Å². The van der Waals surface area contributed by atoms with Crippen LogP contribution in [0.25, 0.3) is 0 Å². The number of hydrogen-bond acceptors (Lipinski definition) is 2. The molecule has 2 N–H and O–H groups in total. The molecule has 3 rings (SSSR count). The molecule has 0 saturated carbocycles. The first-order valence-electron chi connectivity index (χ1n) is 6.87. The highest BCUT2D eigenvalue weighted by Gasteiger charge is 2.17. The summed E-state index contributed by atoms with van der Waals surface area (Å²) in [7, 11) is 0. The van der Waals surface area contributed by atoms with E-state index in [1.807, 2.05) is 60.7 Å². The fourth-order valence-electron chi connectivity index (χ4n) is 2.42. The van der Waals surface area contributed by atoms with E-state index in [2.05, 4.69) is 29.7 Å². The largest absolute Gasteiger partial charge is 0.291 e.